The van der Waals surface area contributed by atoms with Crippen LogP contribution in [0, 0.1) is 5.41 Å². The standard InChI is InChI=1S/C8H12O2/c1-8(2)5-6(10-3)4-7(8)9/h4H,5H2,1-3H3. The van der Waals surface area contributed by atoms with E-state index >= 15 is 0 Å². The monoisotopic (exact) mass is 140 g/mol. The largest absolute Gasteiger partial charge is 0.501 e. The SMILES string of the molecule is COC1=CC(=O)C(C)(C)C1. The molecule has 0 radical (unpaired) electrons. The minimum atomic E-state index is -0.231. The van der Waals surface area contributed by atoms with Gasteiger partial charge in [0, 0.05) is 17.9 Å². The van der Waals surface area contributed by atoms with E-state index < -0.39 is 0 Å². The highest BCUT2D eigenvalue weighted by Gasteiger charge is 2.33. The molecule has 0 saturated carbocycles. The quantitative estimate of drug-likeness (QED) is 0.552. The Balaban J connectivity index is 2.76. The van der Waals surface area contributed by atoms with Gasteiger partial charge in [0.15, 0.2) is 5.78 Å². The number of ether oxygens (including phenoxy) is 1. The molecule has 0 unspecified atom stereocenters. The van der Waals surface area contributed by atoms with Crippen molar-refractivity contribution in [1.29, 1.82) is 0 Å². The van der Waals surface area contributed by atoms with Gasteiger partial charge in [-0.25, -0.2) is 0 Å². The van der Waals surface area contributed by atoms with E-state index in [1.165, 1.54) is 0 Å². The van der Waals surface area contributed by atoms with Gasteiger partial charge in [-0.1, -0.05) is 13.8 Å². The Morgan fingerprint density at radius 2 is 2.20 bits per heavy atom. The minimum Gasteiger partial charge on any atom is -0.501 e. The fraction of sp³-hybridized carbons (Fsp3) is 0.625. The maximum absolute atomic E-state index is 11.1. The molecule has 1 aliphatic rings. The second-order valence-electron chi connectivity index (χ2n) is 3.24. The van der Waals surface area contributed by atoms with Crippen molar-refractivity contribution in [3.8, 4) is 0 Å². The van der Waals surface area contributed by atoms with Crippen LogP contribution in [0.3, 0.4) is 0 Å². The molecule has 0 aromatic heterocycles. The van der Waals surface area contributed by atoms with E-state index in [1.807, 2.05) is 13.8 Å². The van der Waals surface area contributed by atoms with Crippen molar-refractivity contribution in [3.63, 3.8) is 0 Å². The molecular formula is C8H12O2. The van der Waals surface area contributed by atoms with Gasteiger partial charge in [-0.2, -0.15) is 0 Å². The van der Waals surface area contributed by atoms with E-state index in [4.69, 9.17) is 4.74 Å². The lowest BCUT2D eigenvalue weighted by molar-refractivity contribution is -0.121. The molecule has 0 fully saturated rings. The van der Waals surface area contributed by atoms with Crippen LogP contribution in [0.1, 0.15) is 20.3 Å². The van der Waals surface area contributed by atoms with Crippen molar-refractivity contribution < 1.29 is 9.53 Å². The van der Waals surface area contributed by atoms with Crippen molar-refractivity contribution in [2.75, 3.05) is 7.11 Å². The van der Waals surface area contributed by atoms with Gasteiger partial charge in [-0.05, 0) is 0 Å². The number of carbonyl (C=O) groups excluding carboxylic acids is 1. The summed E-state index contributed by atoms with van der Waals surface area (Å²) in [5, 5.41) is 0. The van der Waals surface area contributed by atoms with Crippen molar-refractivity contribution in [1.82, 2.24) is 0 Å². The Bertz CT molecular complexity index is 189. The highest BCUT2D eigenvalue weighted by atomic mass is 16.5. The van der Waals surface area contributed by atoms with Crippen molar-refractivity contribution in [2.45, 2.75) is 20.3 Å². The van der Waals surface area contributed by atoms with Crippen LogP contribution >= 0.6 is 0 Å². The molecule has 0 amide bonds. The third-order valence-electron chi connectivity index (χ3n) is 1.84. The third-order valence-corrected chi connectivity index (χ3v) is 1.84. The van der Waals surface area contributed by atoms with Crippen LogP contribution < -0.4 is 0 Å². The molecule has 2 heteroatoms. The average molecular weight is 140 g/mol. The number of hydrogen-bond donors (Lipinski definition) is 0. The first-order chi connectivity index (χ1) is 4.56. The van der Waals surface area contributed by atoms with Gasteiger partial charge in [0.1, 0.15) is 5.76 Å². The maximum atomic E-state index is 11.1. The molecule has 1 aliphatic carbocycles. The lowest BCUT2D eigenvalue weighted by Crippen LogP contribution is -2.16. The van der Waals surface area contributed by atoms with Gasteiger partial charge in [0.25, 0.3) is 0 Å². The Kier molecular flexibility index (Phi) is 1.55. The lowest BCUT2D eigenvalue weighted by Gasteiger charge is -2.13. The van der Waals surface area contributed by atoms with Crippen LogP contribution in [0.4, 0.5) is 0 Å². The number of rotatable bonds is 1. The molecule has 0 heterocycles. The van der Waals surface area contributed by atoms with E-state index in [0.717, 1.165) is 12.2 Å². The zero-order valence-corrected chi connectivity index (χ0v) is 6.60. The smallest absolute Gasteiger partial charge is 0.165 e. The fourth-order valence-corrected chi connectivity index (χ4v) is 1.05. The first kappa shape index (κ1) is 7.32. The van der Waals surface area contributed by atoms with Crippen LogP contribution in [0.2, 0.25) is 0 Å². The zero-order valence-electron chi connectivity index (χ0n) is 6.60. The van der Waals surface area contributed by atoms with Gasteiger partial charge in [-0.3, -0.25) is 4.79 Å². The number of carbonyl (C=O) groups is 1. The summed E-state index contributed by atoms with van der Waals surface area (Å²) < 4.78 is 4.96. The second kappa shape index (κ2) is 2.11. The summed E-state index contributed by atoms with van der Waals surface area (Å²) in [6, 6.07) is 0. The van der Waals surface area contributed by atoms with E-state index in [2.05, 4.69) is 0 Å². The second-order valence-corrected chi connectivity index (χ2v) is 3.24. The van der Waals surface area contributed by atoms with Crippen LogP contribution in [0.25, 0.3) is 0 Å². The van der Waals surface area contributed by atoms with Gasteiger partial charge in [-0.15, -0.1) is 0 Å². The topological polar surface area (TPSA) is 26.3 Å². The predicted molar refractivity (Wildman–Crippen MR) is 38.5 cm³/mol. The maximum Gasteiger partial charge on any atom is 0.165 e. The molecule has 56 valence electrons. The molecule has 1 rings (SSSR count). The normalized spacial score (nSPS) is 22.7. The summed E-state index contributed by atoms with van der Waals surface area (Å²) in [5.41, 5.74) is -0.231. The van der Waals surface area contributed by atoms with E-state index in [0.29, 0.717) is 0 Å². The van der Waals surface area contributed by atoms with Crippen LogP contribution in [-0.2, 0) is 9.53 Å². The third kappa shape index (κ3) is 1.06. The first-order valence-electron chi connectivity index (χ1n) is 3.35. The summed E-state index contributed by atoms with van der Waals surface area (Å²) in [7, 11) is 1.60. The number of methoxy groups -OCH3 is 1. The highest BCUT2D eigenvalue weighted by molar-refractivity contribution is 5.97. The summed E-state index contributed by atoms with van der Waals surface area (Å²) in [6.07, 6.45) is 2.32. The molecule has 0 aromatic rings. The molecule has 0 spiro atoms. The molecule has 0 aliphatic heterocycles. The van der Waals surface area contributed by atoms with Crippen LogP contribution in [0.5, 0.6) is 0 Å². The Hall–Kier alpha value is -0.790. The molecule has 10 heavy (non-hydrogen) atoms. The molecule has 0 saturated heterocycles. The summed E-state index contributed by atoms with van der Waals surface area (Å²) in [6.45, 7) is 3.86. The summed E-state index contributed by atoms with van der Waals surface area (Å²) in [5.74, 6) is 0.972. The minimum absolute atomic E-state index is 0.171. The highest BCUT2D eigenvalue weighted by Crippen LogP contribution is 2.33. The Morgan fingerprint density at radius 3 is 2.40 bits per heavy atom. The Morgan fingerprint density at radius 1 is 1.60 bits per heavy atom. The number of hydrogen-bond acceptors (Lipinski definition) is 2. The van der Waals surface area contributed by atoms with Crippen molar-refractivity contribution in [3.05, 3.63) is 11.8 Å². The lowest BCUT2D eigenvalue weighted by atomic mass is 9.90. The van der Waals surface area contributed by atoms with Gasteiger partial charge in [0.2, 0.25) is 0 Å². The molecule has 0 atom stereocenters. The van der Waals surface area contributed by atoms with Gasteiger partial charge < -0.3 is 4.74 Å². The van der Waals surface area contributed by atoms with Crippen molar-refractivity contribution >= 4 is 5.78 Å². The zero-order chi connectivity index (χ0) is 7.78. The predicted octanol–water partition coefficient (Wildman–Crippen LogP) is 1.52. The van der Waals surface area contributed by atoms with Crippen LogP contribution in [0.15, 0.2) is 11.8 Å². The molecular weight excluding hydrogens is 128 g/mol. The Labute approximate surface area is 60.9 Å². The molecule has 0 N–H and O–H groups in total. The summed E-state index contributed by atoms with van der Waals surface area (Å²) in [4.78, 5) is 11.1. The molecule has 0 bridgehead atoms. The fourth-order valence-electron chi connectivity index (χ4n) is 1.05. The molecule has 2 nitrogen and oxygen atoms in total. The van der Waals surface area contributed by atoms with Crippen molar-refractivity contribution in [2.24, 2.45) is 5.41 Å². The number of allylic oxidation sites excluding steroid dienone is 2. The summed E-state index contributed by atoms with van der Waals surface area (Å²) >= 11 is 0. The molecule has 0 aromatic carbocycles. The van der Waals surface area contributed by atoms with Gasteiger partial charge >= 0.3 is 0 Å². The average Bonchev–Trinajstić information content (AvgIpc) is 2.08. The van der Waals surface area contributed by atoms with E-state index in [-0.39, 0.29) is 11.2 Å². The number of ketones is 1. The van der Waals surface area contributed by atoms with Gasteiger partial charge in [0.05, 0.1) is 7.11 Å². The first-order valence-corrected chi connectivity index (χ1v) is 3.35. The van der Waals surface area contributed by atoms with Crippen LogP contribution in [-0.4, -0.2) is 12.9 Å². The van der Waals surface area contributed by atoms with E-state index in [1.54, 1.807) is 13.2 Å². The van der Waals surface area contributed by atoms with E-state index in [9.17, 15) is 4.79 Å².